The summed E-state index contributed by atoms with van der Waals surface area (Å²) in [6.45, 7) is 1.39. The second kappa shape index (κ2) is 6.17. The van der Waals surface area contributed by atoms with Gasteiger partial charge in [-0.05, 0) is 18.6 Å². The van der Waals surface area contributed by atoms with Crippen molar-refractivity contribution in [3.8, 4) is 5.75 Å². The highest BCUT2D eigenvalue weighted by Crippen LogP contribution is 2.17. The average Bonchev–Trinajstić information content (AvgIpc) is 2.29. The zero-order valence-electron chi connectivity index (χ0n) is 8.55. The molecule has 1 atom stereocenters. The molecule has 0 aliphatic rings. The van der Waals surface area contributed by atoms with Gasteiger partial charge in [-0.3, -0.25) is 9.78 Å². The molecule has 1 heterocycles. The van der Waals surface area contributed by atoms with Crippen molar-refractivity contribution in [3.05, 3.63) is 24.5 Å². The minimum Gasteiger partial charge on any atom is -0.424 e. The van der Waals surface area contributed by atoms with Crippen molar-refractivity contribution in [2.45, 2.75) is 19.0 Å². The number of hydrogen-bond donors (Lipinski definition) is 0. The number of pyridine rings is 1. The van der Waals surface area contributed by atoms with Gasteiger partial charge in [0.25, 0.3) is 5.67 Å². The molecule has 88 valence electrons. The van der Waals surface area contributed by atoms with E-state index in [0.717, 1.165) is 0 Å². The molecule has 0 saturated heterocycles. The third-order valence-corrected chi connectivity index (χ3v) is 1.90. The van der Waals surface area contributed by atoms with E-state index in [4.69, 9.17) is 0 Å². The molecule has 0 saturated carbocycles. The van der Waals surface area contributed by atoms with E-state index in [-0.39, 0.29) is 30.9 Å². The Morgan fingerprint density at radius 2 is 2.12 bits per heavy atom. The van der Waals surface area contributed by atoms with Crippen LogP contribution >= 0.6 is 12.4 Å². The molecule has 0 N–H and O–H groups in total. The summed E-state index contributed by atoms with van der Waals surface area (Å²) < 4.78 is 18.1. The summed E-state index contributed by atoms with van der Waals surface area (Å²) in [5.41, 5.74) is -2.57. The van der Waals surface area contributed by atoms with Gasteiger partial charge in [0.15, 0.2) is 6.29 Å². The molecular weight excluding hydrogens is 237 g/mol. The highest BCUT2D eigenvalue weighted by molar-refractivity contribution is 5.97. The number of alkyl halides is 1. The Morgan fingerprint density at radius 1 is 1.56 bits per heavy atom. The number of carbonyl (C=O) groups excluding carboxylic acids is 2. The number of ether oxygens (including phenoxy) is 1. The summed E-state index contributed by atoms with van der Waals surface area (Å²) in [5, 5.41) is 0. The number of halogens is 2. The monoisotopic (exact) mass is 247 g/mol. The normalized spacial score (nSPS) is 13.1. The Labute approximate surface area is 98.2 Å². The van der Waals surface area contributed by atoms with E-state index < -0.39 is 11.6 Å². The second-order valence-electron chi connectivity index (χ2n) is 2.91. The molecule has 0 bridgehead atoms. The first-order chi connectivity index (χ1) is 7.12. The van der Waals surface area contributed by atoms with Crippen molar-refractivity contribution < 1.29 is 18.7 Å². The molecule has 1 unspecified atom stereocenters. The lowest BCUT2D eigenvalue weighted by molar-refractivity contribution is -0.150. The minimum atomic E-state index is -2.57. The first kappa shape index (κ1) is 14.5. The fraction of sp³-hybridized carbons (Fsp3) is 0.300. The Balaban J connectivity index is 0.00000225. The summed E-state index contributed by atoms with van der Waals surface area (Å²) in [5.74, 6) is -1.04. The predicted molar refractivity (Wildman–Crippen MR) is 57.3 cm³/mol. The van der Waals surface area contributed by atoms with E-state index in [1.807, 2.05) is 0 Å². The van der Waals surface area contributed by atoms with Crippen LogP contribution in [0.2, 0.25) is 0 Å². The van der Waals surface area contributed by atoms with Gasteiger partial charge in [0, 0.05) is 12.4 Å². The maximum atomic E-state index is 13.5. The quantitative estimate of drug-likeness (QED) is 0.462. The van der Waals surface area contributed by atoms with Gasteiger partial charge in [-0.15, -0.1) is 12.4 Å². The van der Waals surface area contributed by atoms with Gasteiger partial charge in [0.1, 0.15) is 5.75 Å². The molecule has 0 aliphatic carbocycles. The number of aldehydes is 1. The number of nitrogens with zero attached hydrogens (tertiary/aromatic N) is 1. The van der Waals surface area contributed by atoms with Gasteiger partial charge < -0.3 is 4.74 Å². The van der Waals surface area contributed by atoms with E-state index in [2.05, 4.69) is 9.72 Å². The van der Waals surface area contributed by atoms with Crippen molar-refractivity contribution in [1.82, 2.24) is 4.98 Å². The Hall–Kier alpha value is -1.49. The van der Waals surface area contributed by atoms with Crippen LogP contribution < -0.4 is 4.74 Å². The maximum absolute atomic E-state index is 13.5. The molecule has 6 heteroatoms. The molecule has 1 rings (SSSR count). The van der Waals surface area contributed by atoms with Crippen LogP contribution in [0.4, 0.5) is 4.39 Å². The predicted octanol–water partition coefficient (Wildman–Crippen LogP) is 1.73. The van der Waals surface area contributed by atoms with Crippen molar-refractivity contribution in [2.24, 2.45) is 0 Å². The van der Waals surface area contributed by atoms with E-state index in [1.165, 1.54) is 31.5 Å². The third-order valence-electron chi connectivity index (χ3n) is 1.90. The highest BCUT2D eigenvalue weighted by Gasteiger charge is 2.38. The van der Waals surface area contributed by atoms with Crippen molar-refractivity contribution in [3.63, 3.8) is 0 Å². The molecule has 0 fully saturated rings. The lowest BCUT2D eigenvalue weighted by atomic mass is 10.1. The van der Waals surface area contributed by atoms with Crippen LogP contribution in [0.15, 0.2) is 24.5 Å². The van der Waals surface area contributed by atoms with Gasteiger partial charge in [0.05, 0.1) is 0 Å². The van der Waals surface area contributed by atoms with E-state index >= 15 is 0 Å². The van der Waals surface area contributed by atoms with E-state index in [0.29, 0.717) is 0 Å². The lowest BCUT2D eigenvalue weighted by Crippen LogP contribution is -2.38. The smallest absolute Gasteiger partial charge is 0.356 e. The molecule has 0 aromatic carbocycles. The molecule has 4 nitrogen and oxygen atoms in total. The van der Waals surface area contributed by atoms with E-state index in [9.17, 15) is 14.0 Å². The molecule has 0 radical (unpaired) electrons. The lowest BCUT2D eigenvalue weighted by Gasteiger charge is -2.14. The number of aromatic nitrogens is 1. The van der Waals surface area contributed by atoms with Crippen molar-refractivity contribution in [1.29, 1.82) is 0 Å². The van der Waals surface area contributed by atoms with Gasteiger partial charge in [-0.1, -0.05) is 6.92 Å². The molecule has 0 aliphatic heterocycles. The molecule has 1 aromatic rings. The van der Waals surface area contributed by atoms with Gasteiger partial charge in [-0.25, -0.2) is 9.18 Å². The Morgan fingerprint density at radius 3 is 2.56 bits per heavy atom. The summed E-state index contributed by atoms with van der Waals surface area (Å²) in [6, 6.07) is 2.80. The van der Waals surface area contributed by atoms with Crippen LogP contribution in [0.3, 0.4) is 0 Å². The minimum absolute atomic E-state index is 0. The molecule has 0 spiro atoms. The maximum Gasteiger partial charge on any atom is 0.356 e. The molecule has 16 heavy (non-hydrogen) atoms. The Kier molecular flexibility index (Phi) is 5.60. The first-order valence-electron chi connectivity index (χ1n) is 4.40. The van der Waals surface area contributed by atoms with Crippen LogP contribution in [0, 0.1) is 0 Å². The van der Waals surface area contributed by atoms with Gasteiger partial charge in [-0.2, -0.15) is 0 Å². The summed E-state index contributed by atoms with van der Waals surface area (Å²) in [7, 11) is 0. The standard InChI is InChI=1S/C10H10FNO3.ClH/c1-2-10(11,7-13)9(14)15-8-3-5-12-6-4-8;/h3-7H,2H2,1H3;1H. The average molecular weight is 248 g/mol. The number of esters is 1. The van der Waals surface area contributed by atoms with Crippen LogP contribution in [-0.2, 0) is 9.59 Å². The van der Waals surface area contributed by atoms with Crippen LogP contribution in [0.1, 0.15) is 13.3 Å². The fourth-order valence-electron chi connectivity index (χ4n) is 0.874. The Bertz CT molecular complexity index is 360. The number of carbonyl (C=O) groups is 2. The zero-order valence-corrected chi connectivity index (χ0v) is 9.37. The fourth-order valence-corrected chi connectivity index (χ4v) is 0.874. The van der Waals surface area contributed by atoms with Gasteiger partial charge in [0.2, 0.25) is 0 Å². The summed E-state index contributed by atoms with van der Waals surface area (Å²) >= 11 is 0. The number of rotatable bonds is 4. The van der Waals surface area contributed by atoms with Gasteiger partial charge >= 0.3 is 5.97 Å². The largest absolute Gasteiger partial charge is 0.424 e. The second-order valence-corrected chi connectivity index (χ2v) is 2.91. The third kappa shape index (κ3) is 3.27. The summed E-state index contributed by atoms with van der Waals surface area (Å²) in [4.78, 5) is 25.3. The van der Waals surface area contributed by atoms with Crippen molar-refractivity contribution in [2.75, 3.05) is 0 Å². The highest BCUT2D eigenvalue weighted by atomic mass is 35.5. The SMILES string of the molecule is CCC(F)(C=O)C(=O)Oc1ccncc1.Cl. The summed E-state index contributed by atoms with van der Waals surface area (Å²) in [6.07, 6.45) is 2.50. The van der Waals surface area contributed by atoms with Crippen molar-refractivity contribution >= 4 is 24.7 Å². The van der Waals surface area contributed by atoms with Crippen LogP contribution in [-0.4, -0.2) is 22.9 Å². The molecule has 1 aromatic heterocycles. The van der Waals surface area contributed by atoms with Crippen LogP contribution in [0.25, 0.3) is 0 Å². The van der Waals surface area contributed by atoms with E-state index in [1.54, 1.807) is 0 Å². The van der Waals surface area contributed by atoms with Crippen LogP contribution in [0.5, 0.6) is 5.75 Å². The molecular formula is C10H11ClFNO3. The molecule has 0 amide bonds. The first-order valence-corrected chi connectivity index (χ1v) is 4.40. The zero-order chi connectivity index (χ0) is 11.3. The topological polar surface area (TPSA) is 56.3 Å². The number of hydrogen-bond acceptors (Lipinski definition) is 4.